The minimum absolute atomic E-state index is 0.116. The third kappa shape index (κ3) is 3.62. The van der Waals surface area contributed by atoms with Crippen LogP contribution in [0.5, 0.6) is 0 Å². The van der Waals surface area contributed by atoms with Crippen molar-refractivity contribution in [3.05, 3.63) is 75.6 Å². The molecule has 21 heavy (non-hydrogen) atoms. The van der Waals surface area contributed by atoms with E-state index in [4.69, 9.17) is 5.73 Å². The zero-order valence-corrected chi connectivity index (χ0v) is 11.1. The first-order valence-corrected chi connectivity index (χ1v) is 6.40. The van der Waals surface area contributed by atoms with Crippen molar-refractivity contribution in [3.63, 3.8) is 0 Å². The highest BCUT2D eigenvalue weighted by Gasteiger charge is 2.25. The summed E-state index contributed by atoms with van der Waals surface area (Å²) in [6, 6.07) is 11.3. The van der Waals surface area contributed by atoms with Gasteiger partial charge in [-0.1, -0.05) is 30.3 Å². The molecule has 0 amide bonds. The predicted molar refractivity (Wildman–Crippen MR) is 76.1 cm³/mol. The first kappa shape index (κ1) is 15.1. The predicted octanol–water partition coefficient (Wildman–Crippen LogP) is 2.34. The van der Waals surface area contributed by atoms with Gasteiger partial charge >= 0.3 is 0 Å². The van der Waals surface area contributed by atoms with E-state index in [0.717, 1.165) is 17.7 Å². The normalized spacial score (nSPS) is 13.7. The molecule has 2 rings (SSSR count). The van der Waals surface area contributed by atoms with Crippen LogP contribution in [0.2, 0.25) is 0 Å². The number of nitro groups is 1. The van der Waals surface area contributed by atoms with Crippen molar-refractivity contribution in [2.24, 2.45) is 5.73 Å². The molecule has 0 fully saturated rings. The molecule has 0 aliphatic rings. The monoisotopic (exact) mass is 290 g/mol. The molecule has 2 aromatic carbocycles. The third-order valence-corrected chi connectivity index (χ3v) is 3.25. The van der Waals surface area contributed by atoms with Gasteiger partial charge in [-0.05, 0) is 17.7 Å². The van der Waals surface area contributed by atoms with Crippen LogP contribution in [-0.2, 0) is 6.42 Å². The SMILES string of the molecule is N[C@@H](c1ccc(F)cc1[N+](=O)[O-])[C@H](O)Cc1ccccc1. The Balaban J connectivity index is 2.23. The van der Waals surface area contributed by atoms with Crippen LogP contribution in [0, 0.1) is 15.9 Å². The fraction of sp³-hybridized carbons (Fsp3) is 0.200. The maximum Gasteiger partial charge on any atom is 0.277 e. The van der Waals surface area contributed by atoms with Crippen molar-refractivity contribution in [1.29, 1.82) is 0 Å². The Labute approximate surface area is 121 Å². The Morgan fingerprint density at radius 2 is 1.90 bits per heavy atom. The summed E-state index contributed by atoms with van der Waals surface area (Å²) >= 11 is 0. The number of nitro benzene ring substituents is 1. The van der Waals surface area contributed by atoms with Crippen LogP contribution in [0.1, 0.15) is 17.2 Å². The molecular weight excluding hydrogens is 275 g/mol. The molecule has 5 nitrogen and oxygen atoms in total. The lowest BCUT2D eigenvalue weighted by Crippen LogP contribution is -2.28. The fourth-order valence-electron chi connectivity index (χ4n) is 2.15. The van der Waals surface area contributed by atoms with E-state index < -0.39 is 28.6 Å². The van der Waals surface area contributed by atoms with E-state index in [1.165, 1.54) is 6.07 Å². The zero-order chi connectivity index (χ0) is 15.4. The van der Waals surface area contributed by atoms with Crippen molar-refractivity contribution in [3.8, 4) is 0 Å². The molecule has 0 radical (unpaired) electrons. The summed E-state index contributed by atoms with van der Waals surface area (Å²) in [5, 5.41) is 21.1. The van der Waals surface area contributed by atoms with Crippen LogP contribution in [0.4, 0.5) is 10.1 Å². The molecule has 0 aromatic heterocycles. The number of aliphatic hydroxyl groups is 1. The molecule has 6 heteroatoms. The van der Waals surface area contributed by atoms with Crippen LogP contribution < -0.4 is 5.73 Å². The van der Waals surface area contributed by atoms with Crippen LogP contribution >= 0.6 is 0 Å². The number of hydrogen-bond donors (Lipinski definition) is 2. The van der Waals surface area contributed by atoms with Gasteiger partial charge in [-0.25, -0.2) is 4.39 Å². The van der Waals surface area contributed by atoms with E-state index in [2.05, 4.69) is 0 Å². The summed E-state index contributed by atoms with van der Waals surface area (Å²) in [4.78, 5) is 10.3. The Hall–Kier alpha value is -2.31. The van der Waals surface area contributed by atoms with Gasteiger partial charge in [0, 0.05) is 12.0 Å². The number of hydrogen-bond acceptors (Lipinski definition) is 4. The molecule has 2 atom stereocenters. The van der Waals surface area contributed by atoms with E-state index >= 15 is 0 Å². The topological polar surface area (TPSA) is 89.4 Å². The summed E-state index contributed by atoms with van der Waals surface area (Å²) in [7, 11) is 0. The summed E-state index contributed by atoms with van der Waals surface area (Å²) in [5.41, 5.74) is 6.46. The van der Waals surface area contributed by atoms with Crippen LogP contribution in [0.25, 0.3) is 0 Å². The lowest BCUT2D eigenvalue weighted by atomic mass is 9.95. The second-order valence-corrected chi connectivity index (χ2v) is 4.74. The summed E-state index contributed by atoms with van der Waals surface area (Å²) in [6.07, 6.45) is -0.743. The molecule has 0 saturated heterocycles. The number of aliphatic hydroxyl groups excluding tert-OH is 1. The van der Waals surface area contributed by atoms with E-state index in [1.54, 1.807) is 0 Å². The smallest absolute Gasteiger partial charge is 0.277 e. The van der Waals surface area contributed by atoms with Gasteiger partial charge in [-0.15, -0.1) is 0 Å². The first-order chi connectivity index (χ1) is 9.99. The summed E-state index contributed by atoms with van der Waals surface area (Å²) < 4.78 is 13.1. The number of rotatable bonds is 5. The van der Waals surface area contributed by atoms with Gasteiger partial charge in [0.15, 0.2) is 0 Å². The van der Waals surface area contributed by atoms with Crippen molar-refractivity contribution in [2.75, 3.05) is 0 Å². The molecule has 0 aliphatic heterocycles. The highest BCUT2D eigenvalue weighted by Crippen LogP contribution is 2.27. The third-order valence-electron chi connectivity index (χ3n) is 3.25. The molecule has 0 heterocycles. The zero-order valence-electron chi connectivity index (χ0n) is 11.1. The van der Waals surface area contributed by atoms with Crippen molar-refractivity contribution in [1.82, 2.24) is 0 Å². The molecule has 0 bridgehead atoms. The molecule has 110 valence electrons. The summed E-state index contributed by atoms with van der Waals surface area (Å²) in [6.45, 7) is 0. The molecule has 0 unspecified atom stereocenters. The molecular formula is C15H15FN2O3. The molecule has 2 aromatic rings. The lowest BCUT2D eigenvalue weighted by Gasteiger charge is -2.19. The highest BCUT2D eigenvalue weighted by atomic mass is 19.1. The first-order valence-electron chi connectivity index (χ1n) is 6.40. The molecule has 3 N–H and O–H groups in total. The second-order valence-electron chi connectivity index (χ2n) is 4.74. The maximum atomic E-state index is 13.1. The van der Waals surface area contributed by atoms with Gasteiger partial charge in [-0.2, -0.15) is 0 Å². The lowest BCUT2D eigenvalue weighted by molar-refractivity contribution is -0.386. The van der Waals surface area contributed by atoms with Gasteiger partial charge in [0.05, 0.1) is 23.1 Å². The Morgan fingerprint density at radius 3 is 2.52 bits per heavy atom. The number of halogens is 1. The summed E-state index contributed by atoms with van der Waals surface area (Å²) in [5.74, 6) is -0.713. The molecule has 0 aliphatic carbocycles. The van der Waals surface area contributed by atoms with E-state index in [0.29, 0.717) is 0 Å². The average molecular weight is 290 g/mol. The molecule has 0 spiro atoms. The van der Waals surface area contributed by atoms with Gasteiger partial charge in [-0.3, -0.25) is 10.1 Å². The number of nitrogens with two attached hydrogens (primary N) is 1. The van der Waals surface area contributed by atoms with Gasteiger partial charge < -0.3 is 10.8 Å². The Bertz CT molecular complexity index is 634. The quantitative estimate of drug-likeness (QED) is 0.653. The highest BCUT2D eigenvalue weighted by molar-refractivity contribution is 5.43. The second kappa shape index (κ2) is 6.43. The van der Waals surface area contributed by atoms with E-state index in [1.807, 2.05) is 30.3 Å². The van der Waals surface area contributed by atoms with Crippen molar-refractivity contribution >= 4 is 5.69 Å². The van der Waals surface area contributed by atoms with Gasteiger partial charge in [0.1, 0.15) is 5.82 Å². The minimum Gasteiger partial charge on any atom is -0.391 e. The van der Waals surface area contributed by atoms with Crippen LogP contribution in [-0.4, -0.2) is 16.1 Å². The molecule has 0 saturated carbocycles. The van der Waals surface area contributed by atoms with E-state index in [-0.39, 0.29) is 12.0 Å². The Morgan fingerprint density at radius 1 is 1.24 bits per heavy atom. The van der Waals surface area contributed by atoms with E-state index in [9.17, 15) is 19.6 Å². The van der Waals surface area contributed by atoms with Crippen molar-refractivity contribution in [2.45, 2.75) is 18.6 Å². The van der Waals surface area contributed by atoms with Crippen molar-refractivity contribution < 1.29 is 14.4 Å². The standard InChI is InChI=1S/C15H15FN2O3/c16-11-6-7-12(13(9-11)18(20)21)15(17)14(19)8-10-4-2-1-3-5-10/h1-7,9,14-15,19H,8,17H2/t14-,15+/m1/s1. The largest absolute Gasteiger partial charge is 0.391 e. The Kier molecular flexibility index (Phi) is 4.62. The van der Waals surface area contributed by atoms with Gasteiger partial charge in [0.2, 0.25) is 0 Å². The minimum atomic E-state index is -1.00. The van der Waals surface area contributed by atoms with Crippen LogP contribution in [0.15, 0.2) is 48.5 Å². The van der Waals surface area contributed by atoms with Gasteiger partial charge in [0.25, 0.3) is 5.69 Å². The maximum absolute atomic E-state index is 13.1. The number of benzene rings is 2. The number of nitrogens with zero attached hydrogens (tertiary/aromatic N) is 1. The van der Waals surface area contributed by atoms with Crippen LogP contribution in [0.3, 0.4) is 0 Å². The average Bonchev–Trinajstić information content (AvgIpc) is 2.47. The fourth-order valence-corrected chi connectivity index (χ4v) is 2.15.